The lowest BCUT2D eigenvalue weighted by molar-refractivity contribution is 0.627. The first-order valence-electron chi connectivity index (χ1n) is 8.90. The van der Waals surface area contributed by atoms with E-state index in [1.54, 1.807) is 18.3 Å². The van der Waals surface area contributed by atoms with Crippen LogP contribution in [0.15, 0.2) is 59.5 Å². The first-order valence-corrected chi connectivity index (χ1v) is 9.28. The van der Waals surface area contributed by atoms with Gasteiger partial charge in [-0.1, -0.05) is 23.7 Å². The minimum absolute atomic E-state index is 0.229. The molecule has 3 rings (SSSR count). The van der Waals surface area contributed by atoms with Gasteiger partial charge in [-0.2, -0.15) is 0 Å². The zero-order chi connectivity index (χ0) is 19.2. The Balaban J connectivity index is 1.72. The maximum atomic E-state index is 13.0. The molecule has 0 radical (unpaired) electrons. The van der Waals surface area contributed by atoms with Gasteiger partial charge in [0.1, 0.15) is 11.5 Å². The fourth-order valence-corrected chi connectivity index (χ4v) is 3.11. The normalized spacial score (nSPS) is 12.7. The molecule has 0 unspecified atom stereocenters. The second-order valence-electron chi connectivity index (χ2n) is 6.35. The topological polar surface area (TPSA) is 67.1 Å². The van der Waals surface area contributed by atoms with E-state index in [2.05, 4.69) is 15.0 Å². The predicted molar refractivity (Wildman–Crippen MR) is 110 cm³/mol. The highest BCUT2D eigenvalue weighted by Crippen LogP contribution is 2.21. The number of halogens is 2. The molecular formula is C21H22ClFN4. The number of rotatable bonds is 7. The van der Waals surface area contributed by atoms with Crippen molar-refractivity contribution in [3.63, 3.8) is 0 Å². The van der Waals surface area contributed by atoms with Crippen molar-refractivity contribution < 1.29 is 4.39 Å². The molecule has 140 valence electrons. The summed E-state index contributed by atoms with van der Waals surface area (Å²) in [5, 5.41) is 1.59. The largest absolute Gasteiger partial charge is 0.402 e. The number of fused-ring (bicyclic) bond motifs is 1. The van der Waals surface area contributed by atoms with E-state index in [0.717, 1.165) is 40.0 Å². The number of aromatic amines is 1. The summed E-state index contributed by atoms with van der Waals surface area (Å²) in [4.78, 5) is 12.0. The van der Waals surface area contributed by atoms with Crippen LogP contribution in [0.2, 0.25) is 5.02 Å². The number of H-pyrrole nitrogens is 1. The van der Waals surface area contributed by atoms with Crippen molar-refractivity contribution in [1.29, 1.82) is 0 Å². The summed E-state index contributed by atoms with van der Waals surface area (Å²) >= 11 is 6.08. The van der Waals surface area contributed by atoms with E-state index in [1.807, 2.05) is 25.3 Å². The number of nitrogens with one attached hydrogen (secondary N) is 1. The molecule has 4 nitrogen and oxygen atoms in total. The van der Waals surface area contributed by atoms with Gasteiger partial charge in [0.2, 0.25) is 0 Å². The van der Waals surface area contributed by atoms with Gasteiger partial charge in [-0.25, -0.2) is 9.37 Å². The highest BCUT2D eigenvalue weighted by atomic mass is 35.5. The van der Waals surface area contributed by atoms with E-state index >= 15 is 0 Å². The van der Waals surface area contributed by atoms with Crippen LogP contribution < -0.4 is 5.73 Å². The summed E-state index contributed by atoms with van der Waals surface area (Å²) in [5.74, 6) is -0.229. The molecular weight excluding hydrogens is 363 g/mol. The molecule has 3 N–H and O–H groups in total. The third-order valence-corrected chi connectivity index (χ3v) is 4.49. The molecule has 0 saturated heterocycles. The first kappa shape index (κ1) is 19.1. The van der Waals surface area contributed by atoms with Crippen LogP contribution in [0, 0.1) is 5.82 Å². The first-order chi connectivity index (χ1) is 13.0. The quantitative estimate of drug-likeness (QED) is 0.572. The summed E-state index contributed by atoms with van der Waals surface area (Å²) in [6, 6.07) is 8.41. The maximum Gasteiger partial charge on any atom is 0.137 e. The van der Waals surface area contributed by atoms with Crippen LogP contribution >= 0.6 is 11.6 Å². The van der Waals surface area contributed by atoms with Crippen LogP contribution in [0.25, 0.3) is 11.0 Å². The van der Waals surface area contributed by atoms with E-state index in [4.69, 9.17) is 17.3 Å². The molecule has 3 aromatic rings. The number of aliphatic imine (C=N–C) groups is 1. The number of benzene rings is 1. The fraction of sp³-hybridized carbons (Fsp3) is 0.238. The predicted octanol–water partition coefficient (Wildman–Crippen LogP) is 4.83. The number of aromatic nitrogens is 2. The standard InChI is InChI=1S/C21H22ClFN4/c1-2-25-19(9-15-12-26-21-20(15)10-16(22)13-27-21)11-18(24)8-5-14-3-6-17(23)7-4-14/h3-4,6-7,10-13H,2,5,8-9,24H2,1H3,(H,26,27)/b18-11-,25-19?. The summed E-state index contributed by atoms with van der Waals surface area (Å²) in [6.07, 6.45) is 7.58. The molecule has 0 aliphatic carbocycles. The Morgan fingerprint density at radius 1 is 1.33 bits per heavy atom. The number of nitrogens with zero attached hydrogens (tertiary/aromatic N) is 2. The van der Waals surface area contributed by atoms with Crippen LogP contribution in [0.5, 0.6) is 0 Å². The Kier molecular flexibility index (Phi) is 6.24. The zero-order valence-electron chi connectivity index (χ0n) is 15.2. The van der Waals surface area contributed by atoms with E-state index in [-0.39, 0.29) is 5.82 Å². The van der Waals surface area contributed by atoms with Crippen molar-refractivity contribution in [2.24, 2.45) is 10.7 Å². The molecule has 0 atom stereocenters. The van der Waals surface area contributed by atoms with Gasteiger partial charge in [-0.05, 0) is 55.2 Å². The van der Waals surface area contributed by atoms with Crippen LogP contribution in [-0.4, -0.2) is 22.2 Å². The average molecular weight is 385 g/mol. The molecule has 0 bridgehead atoms. The molecule has 2 aromatic heterocycles. The van der Waals surface area contributed by atoms with Crippen LogP contribution in [-0.2, 0) is 12.8 Å². The fourth-order valence-electron chi connectivity index (χ4n) is 2.96. The Morgan fingerprint density at radius 3 is 2.85 bits per heavy atom. The molecule has 6 heteroatoms. The van der Waals surface area contributed by atoms with Gasteiger partial charge in [0.15, 0.2) is 0 Å². The molecule has 0 amide bonds. The van der Waals surface area contributed by atoms with Gasteiger partial charge >= 0.3 is 0 Å². The van der Waals surface area contributed by atoms with Gasteiger partial charge in [-0.15, -0.1) is 0 Å². The van der Waals surface area contributed by atoms with Crippen molar-refractivity contribution in [3.05, 3.63) is 76.5 Å². The lowest BCUT2D eigenvalue weighted by Crippen LogP contribution is -2.07. The number of allylic oxidation sites excluding steroid dienone is 2. The lowest BCUT2D eigenvalue weighted by atomic mass is 10.0. The molecule has 0 saturated carbocycles. The van der Waals surface area contributed by atoms with Crippen molar-refractivity contribution in [2.45, 2.75) is 26.2 Å². The van der Waals surface area contributed by atoms with Crippen molar-refractivity contribution in [3.8, 4) is 0 Å². The summed E-state index contributed by atoms with van der Waals surface area (Å²) < 4.78 is 13.0. The molecule has 1 aromatic carbocycles. The Bertz CT molecular complexity index is 974. The van der Waals surface area contributed by atoms with Crippen LogP contribution in [0.1, 0.15) is 24.5 Å². The van der Waals surface area contributed by atoms with Gasteiger partial charge in [0.05, 0.1) is 5.02 Å². The number of pyridine rings is 1. The zero-order valence-corrected chi connectivity index (χ0v) is 15.9. The monoisotopic (exact) mass is 384 g/mol. The summed E-state index contributed by atoms with van der Waals surface area (Å²) in [7, 11) is 0. The molecule has 0 aliphatic rings. The highest BCUT2D eigenvalue weighted by molar-refractivity contribution is 6.31. The van der Waals surface area contributed by atoms with Gasteiger partial charge in [0, 0.05) is 42.2 Å². The summed E-state index contributed by atoms with van der Waals surface area (Å²) in [6.45, 7) is 2.68. The molecule has 0 aliphatic heterocycles. The van der Waals surface area contributed by atoms with Gasteiger partial charge in [-0.3, -0.25) is 4.99 Å². The summed E-state index contributed by atoms with van der Waals surface area (Å²) in [5.41, 5.74) is 10.8. The van der Waals surface area contributed by atoms with Gasteiger partial charge < -0.3 is 10.7 Å². The van der Waals surface area contributed by atoms with E-state index in [0.29, 0.717) is 24.4 Å². The smallest absolute Gasteiger partial charge is 0.137 e. The number of hydrogen-bond donors (Lipinski definition) is 2. The lowest BCUT2D eigenvalue weighted by Gasteiger charge is -2.06. The minimum atomic E-state index is -0.229. The van der Waals surface area contributed by atoms with Crippen molar-refractivity contribution in [2.75, 3.05) is 6.54 Å². The molecule has 0 spiro atoms. The Morgan fingerprint density at radius 2 is 2.11 bits per heavy atom. The van der Waals surface area contributed by atoms with Crippen LogP contribution in [0.3, 0.4) is 0 Å². The van der Waals surface area contributed by atoms with Gasteiger partial charge in [0.25, 0.3) is 0 Å². The Labute approximate surface area is 163 Å². The van der Waals surface area contributed by atoms with E-state index in [9.17, 15) is 4.39 Å². The second kappa shape index (κ2) is 8.82. The molecule has 27 heavy (non-hydrogen) atoms. The second-order valence-corrected chi connectivity index (χ2v) is 6.79. The highest BCUT2D eigenvalue weighted by Gasteiger charge is 2.08. The van der Waals surface area contributed by atoms with Crippen molar-refractivity contribution >= 4 is 28.3 Å². The maximum absolute atomic E-state index is 13.0. The number of aryl methyl sites for hydroxylation is 1. The third-order valence-electron chi connectivity index (χ3n) is 4.28. The van der Waals surface area contributed by atoms with E-state index < -0.39 is 0 Å². The van der Waals surface area contributed by atoms with E-state index in [1.165, 1.54) is 12.1 Å². The number of nitrogens with two attached hydrogens (primary N) is 1. The Hall–Kier alpha value is -2.66. The SMILES string of the molecule is CCN=C(/C=C(\N)CCc1ccc(F)cc1)Cc1c[nH]c2ncc(Cl)cc12. The van der Waals surface area contributed by atoms with Crippen molar-refractivity contribution in [1.82, 2.24) is 9.97 Å². The molecule has 2 heterocycles. The third kappa shape index (κ3) is 5.17. The minimum Gasteiger partial charge on any atom is -0.402 e. The molecule has 0 fully saturated rings. The number of hydrogen-bond acceptors (Lipinski definition) is 3. The average Bonchev–Trinajstić information content (AvgIpc) is 3.03. The van der Waals surface area contributed by atoms with Crippen LogP contribution in [0.4, 0.5) is 4.39 Å².